The maximum absolute atomic E-state index is 13.1. The predicted molar refractivity (Wildman–Crippen MR) is 120 cm³/mol. The minimum Gasteiger partial charge on any atom is -0.249 e. The summed E-state index contributed by atoms with van der Waals surface area (Å²) in [5.41, 5.74) is -7.91. The summed E-state index contributed by atoms with van der Waals surface area (Å²) in [6, 6.07) is 6.04. The fourth-order valence-electron chi connectivity index (χ4n) is 3.38. The Kier molecular flexibility index (Phi) is 6.42. The molecule has 3 heterocycles. The first kappa shape index (κ1) is 27.3. The standard InChI is InChI=1S/C21H14F6N4O5S2/c1-2-37(33,34)16-9-13(12-3-6-15(7-4-12)38(35,36)21(25,26)27)10-28-18(16)31-19(32)30-11-14(20(22,23)24)5-8-17(30)29-31/h3-11H,2H2,1H3. The zero-order valence-corrected chi connectivity index (χ0v) is 20.5. The Bertz CT molecular complexity index is 1830. The summed E-state index contributed by atoms with van der Waals surface area (Å²) in [5.74, 6) is -0.997. The number of hydrogen-bond donors (Lipinski definition) is 0. The number of benzene rings is 1. The van der Waals surface area contributed by atoms with Crippen molar-refractivity contribution in [3.63, 3.8) is 0 Å². The lowest BCUT2D eigenvalue weighted by Crippen LogP contribution is -2.23. The Labute approximate surface area is 209 Å². The molecule has 0 atom stereocenters. The lowest BCUT2D eigenvalue weighted by Gasteiger charge is -2.11. The fourth-order valence-corrected chi connectivity index (χ4v) is 5.18. The van der Waals surface area contributed by atoms with E-state index in [9.17, 15) is 48.0 Å². The second kappa shape index (κ2) is 8.93. The summed E-state index contributed by atoms with van der Waals surface area (Å²) in [6.45, 7) is 1.28. The van der Waals surface area contributed by atoms with Crippen molar-refractivity contribution in [3.05, 3.63) is 70.9 Å². The third kappa shape index (κ3) is 4.66. The van der Waals surface area contributed by atoms with Crippen LogP contribution in [0.2, 0.25) is 0 Å². The Balaban J connectivity index is 1.87. The molecule has 4 aromatic rings. The zero-order valence-electron chi connectivity index (χ0n) is 18.8. The van der Waals surface area contributed by atoms with E-state index in [1.165, 1.54) is 6.92 Å². The van der Waals surface area contributed by atoms with Gasteiger partial charge in [0.25, 0.3) is 9.84 Å². The van der Waals surface area contributed by atoms with E-state index >= 15 is 0 Å². The molecule has 3 aromatic heterocycles. The third-order valence-electron chi connectivity index (χ3n) is 5.40. The number of alkyl halides is 6. The molecule has 0 aliphatic carbocycles. The highest BCUT2D eigenvalue weighted by Crippen LogP contribution is 2.33. The van der Waals surface area contributed by atoms with E-state index in [4.69, 9.17) is 0 Å². The molecule has 0 saturated heterocycles. The lowest BCUT2D eigenvalue weighted by atomic mass is 10.1. The van der Waals surface area contributed by atoms with Crippen LogP contribution in [0.25, 0.3) is 22.6 Å². The quantitative estimate of drug-likeness (QED) is 0.331. The predicted octanol–water partition coefficient (Wildman–Crippen LogP) is 3.65. The van der Waals surface area contributed by atoms with Crippen LogP contribution in [0.1, 0.15) is 12.5 Å². The van der Waals surface area contributed by atoms with Crippen LogP contribution in [0.15, 0.2) is 69.4 Å². The van der Waals surface area contributed by atoms with Crippen molar-refractivity contribution in [2.24, 2.45) is 0 Å². The normalized spacial score (nSPS) is 13.2. The molecule has 4 rings (SSSR count). The van der Waals surface area contributed by atoms with E-state index in [0.717, 1.165) is 30.5 Å². The molecule has 0 saturated carbocycles. The number of nitrogens with zero attached hydrogens (tertiary/aromatic N) is 4. The van der Waals surface area contributed by atoms with E-state index in [1.807, 2.05) is 0 Å². The molecule has 9 nitrogen and oxygen atoms in total. The summed E-state index contributed by atoms with van der Waals surface area (Å²) >= 11 is 0. The summed E-state index contributed by atoms with van der Waals surface area (Å²) in [5, 5.41) is 3.88. The molecule has 0 spiro atoms. The van der Waals surface area contributed by atoms with Crippen molar-refractivity contribution in [1.29, 1.82) is 0 Å². The first-order chi connectivity index (χ1) is 17.5. The molecular weight excluding hydrogens is 566 g/mol. The number of aromatic nitrogens is 4. The second-order valence-corrected chi connectivity index (χ2v) is 11.9. The Hall–Kier alpha value is -3.73. The van der Waals surface area contributed by atoms with Gasteiger partial charge in [-0.05, 0) is 35.9 Å². The molecule has 202 valence electrons. The van der Waals surface area contributed by atoms with Gasteiger partial charge in [0.15, 0.2) is 21.3 Å². The number of pyridine rings is 2. The molecule has 0 N–H and O–H groups in total. The van der Waals surface area contributed by atoms with Gasteiger partial charge < -0.3 is 0 Å². The van der Waals surface area contributed by atoms with Gasteiger partial charge in [-0.2, -0.15) is 31.0 Å². The SMILES string of the molecule is CCS(=O)(=O)c1cc(-c2ccc(S(=O)(=O)C(F)(F)F)cc2)cnc1-n1nc2ccc(C(F)(F)F)cn2c1=O. The fraction of sp³-hybridized carbons (Fsp3) is 0.190. The third-order valence-corrected chi connectivity index (χ3v) is 8.63. The molecule has 0 aliphatic rings. The molecular formula is C21H14F6N4O5S2. The van der Waals surface area contributed by atoms with Crippen LogP contribution >= 0.6 is 0 Å². The second-order valence-electron chi connectivity index (χ2n) is 7.76. The number of sulfone groups is 2. The smallest absolute Gasteiger partial charge is 0.249 e. The summed E-state index contributed by atoms with van der Waals surface area (Å²) in [4.78, 5) is 15.3. The number of rotatable bonds is 5. The van der Waals surface area contributed by atoms with Gasteiger partial charge in [0.05, 0.1) is 16.2 Å². The summed E-state index contributed by atoms with van der Waals surface area (Å²) in [7, 11) is -9.75. The van der Waals surface area contributed by atoms with E-state index < -0.39 is 64.0 Å². The van der Waals surface area contributed by atoms with Crippen molar-refractivity contribution in [2.75, 3.05) is 5.75 Å². The first-order valence-corrected chi connectivity index (χ1v) is 13.4. The topological polar surface area (TPSA) is 120 Å². The Morgan fingerprint density at radius 1 is 0.895 bits per heavy atom. The van der Waals surface area contributed by atoms with Gasteiger partial charge >= 0.3 is 17.4 Å². The first-order valence-electron chi connectivity index (χ1n) is 10.3. The molecule has 0 fully saturated rings. The minimum absolute atomic E-state index is 0.0351. The van der Waals surface area contributed by atoms with Crippen molar-refractivity contribution >= 4 is 25.3 Å². The zero-order chi connectivity index (χ0) is 28.3. The van der Waals surface area contributed by atoms with Crippen LogP contribution in [0, 0.1) is 0 Å². The molecule has 0 aliphatic heterocycles. The Morgan fingerprint density at radius 2 is 1.53 bits per heavy atom. The molecule has 0 bridgehead atoms. The van der Waals surface area contributed by atoms with Crippen molar-refractivity contribution < 1.29 is 43.2 Å². The lowest BCUT2D eigenvalue weighted by molar-refractivity contribution is -0.137. The van der Waals surface area contributed by atoms with Gasteiger partial charge in [-0.15, -0.1) is 5.10 Å². The van der Waals surface area contributed by atoms with Gasteiger partial charge in [0, 0.05) is 18.0 Å². The molecule has 0 amide bonds. The number of hydrogen-bond acceptors (Lipinski definition) is 7. The van der Waals surface area contributed by atoms with Crippen LogP contribution in [0.5, 0.6) is 0 Å². The van der Waals surface area contributed by atoms with Gasteiger partial charge in [0.1, 0.15) is 4.90 Å². The summed E-state index contributed by atoms with van der Waals surface area (Å²) in [6.07, 6.45) is -3.21. The highest BCUT2D eigenvalue weighted by molar-refractivity contribution is 7.92. The average Bonchev–Trinajstić information content (AvgIpc) is 3.18. The van der Waals surface area contributed by atoms with Gasteiger partial charge in [0.2, 0.25) is 0 Å². The van der Waals surface area contributed by atoms with Crippen LogP contribution in [-0.2, 0) is 25.9 Å². The minimum atomic E-state index is -5.61. The number of fused-ring (bicyclic) bond motifs is 1. The Morgan fingerprint density at radius 3 is 2.08 bits per heavy atom. The highest BCUT2D eigenvalue weighted by atomic mass is 32.2. The van der Waals surface area contributed by atoms with Crippen molar-refractivity contribution in [3.8, 4) is 16.9 Å². The monoisotopic (exact) mass is 580 g/mol. The largest absolute Gasteiger partial charge is 0.501 e. The van der Waals surface area contributed by atoms with Gasteiger partial charge in [-0.1, -0.05) is 19.1 Å². The molecule has 0 radical (unpaired) electrons. The molecule has 0 unspecified atom stereocenters. The molecule has 1 aromatic carbocycles. The maximum atomic E-state index is 13.1. The highest BCUT2D eigenvalue weighted by Gasteiger charge is 2.46. The van der Waals surface area contributed by atoms with Crippen LogP contribution in [0.3, 0.4) is 0 Å². The van der Waals surface area contributed by atoms with Gasteiger partial charge in [-0.3, -0.25) is 0 Å². The van der Waals surface area contributed by atoms with Crippen LogP contribution < -0.4 is 5.69 Å². The van der Waals surface area contributed by atoms with E-state index in [0.29, 0.717) is 33.5 Å². The summed E-state index contributed by atoms with van der Waals surface area (Å²) < 4.78 is 128. The van der Waals surface area contributed by atoms with E-state index in [-0.39, 0.29) is 16.8 Å². The molecule has 38 heavy (non-hydrogen) atoms. The van der Waals surface area contributed by atoms with E-state index in [2.05, 4.69) is 10.1 Å². The van der Waals surface area contributed by atoms with Crippen molar-refractivity contribution in [1.82, 2.24) is 19.2 Å². The van der Waals surface area contributed by atoms with Crippen LogP contribution in [-0.4, -0.2) is 47.3 Å². The maximum Gasteiger partial charge on any atom is 0.501 e. The number of halogens is 6. The van der Waals surface area contributed by atoms with Gasteiger partial charge in [-0.25, -0.2) is 31.0 Å². The average molecular weight is 580 g/mol. The van der Waals surface area contributed by atoms with Crippen LogP contribution in [0.4, 0.5) is 26.3 Å². The van der Waals surface area contributed by atoms with E-state index in [1.54, 1.807) is 0 Å². The molecule has 17 heteroatoms. The van der Waals surface area contributed by atoms with Crippen molar-refractivity contribution in [2.45, 2.75) is 28.4 Å².